The van der Waals surface area contributed by atoms with E-state index in [1.54, 1.807) is 0 Å². The van der Waals surface area contributed by atoms with E-state index in [-0.39, 0.29) is 11.4 Å². The number of nitrogens with two attached hydrogens (primary N) is 1. The summed E-state index contributed by atoms with van der Waals surface area (Å²) in [6, 6.07) is 0. The van der Waals surface area contributed by atoms with Crippen molar-refractivity contribution in [3.05, 3.63) is 26.4 Å². The van der Waals surface area contributed by atoms with E-state index in [2.05, 4.69) is 5.32 Å². The number of nitrogens with one attached hydrogen (secondary N) is 1. The Balaban J connectivity index is 3.21. The maximum Gasteiger partial charge on any atom is 0.332 e. The number of carbonyl (C=O) groups excluding carboxylic acids is 1. The minimum atomic E-state index is -0.676. The summed E-state index contributed by atoms with van der Waals surface area (Å²) in [6.07, 6.45) is 1.75. The zero-order chi connectivity index (χ0) is 13.9. The van der Waals surface area contributed by atoms with Crippen molar-refractivity contribution in [1.82, 2.24) is 14.5 Å². The highest BCUT2D eigenvalue weighted by Crippen LogP contribution is 2.02. The Hall–Kier alpha value is -2.05. The third-order valence-corrected chi connectivity index (χ3v) is 2.75. The van der Waals surface area contributed by atoms with Crippen molar-refractivity contribution in [3.63, 3.8) is 0 Å². The number of anilines is 1. The molecule has 0 aliphatic heterocycles. The van der Waals surface area contributed by atoms with Gasteiger partial charge in [0.2, 0.25) is 0 Å². The van der Waals surface area contributed by atoms with Crippen LogP contribution in [0.5, 0.6) is 0 Å². The summed E-state index contributed by atoms with van der Waals surface area (Å²) in [5.41, 5.74) is 4.23. The third-order valence-electron chi connectivity index (χ3n) is 2.75. The molecule has 7 heteroatoms. The van der Waals surface area contributed by atoms with Gasteiger partial charge >= 0.3 is 5.69 Å². The van der Waals surface area contributed by atoms with Crippen LogP contribution < -0.4 is 22.3 Å². The zero-order valence-electron chi connectivity index (χ0n) is 10.8. The Bertz CT molecular complexity index is 571. The molecule has 0 unspecified atom stereocenters. The number of rotatable bonds is 4. The Morgan fingerprint density at radius 1 is 1.28 bits per heavy atom. The predicted octanol–water partition coefficient (Wildman–Crippen LogP) is -0.804. The molecule has 0 radical (unpaired) electrons. The van der Waals surface area contributed by atoms with Crippen LogP contribution in [0.15, 0.2) is 9.59 Å². The fourth-order valence-corrected chi connectivity index (χ4v) is 1.54. The van der Waals surface area contributed by atoms with Gasteiger partial charge in [-0.15, -0.1) is 0 Å². The van der Waals surface area contributed by atoms with E-state index >= 15 is 0 Å². The quantitative estimate of drug-likeness (QED) is 0.687. The van der Waals surface area contributed by atoms with Gasteiger partial charge in [-0.05, 0) is 6.42 Å². The fraction of sp³-hybridized carbons (Fsp3) is 0.545. The normalized spacial score (nSPS) is 10.4. The second-order valence-corrected chi connectivity index (χ2v) is 4.08. The molecule has 1 heterocycles. The maximum atomic E-state index is 11.9. The topological polar surface area (TPSA) is 99.1 Å². The van der Waals surface area contributed by atoms with Gasteiger partial charge in [0.1, 0.15) is 11.4 Å². The van der Waals surface area contributed by atoms with Crippen molar-refractivity contribution in [2.75, 3.05) is 12.3 Å². The largest absolute Gasteiger partial charge is 0.384 e. The fourth-order valence-electron chi connectivity index (χ4n) is 1.54. The van der Waals surface area contributed by atoms with Gasteiger partial charge in [0.25, 0.3) is 11.5 Å². The van der Waals surface area contributed by atoms with E-state index in [1.165, 1.54) is 14.1 Å². The number of hydrogen-bond donors (Lipinski definition) is 2. The van der Waals surface area contributed by atoms with E-state index in [0.717, 1.165) is 22.0 Å². The molecule has 100 valence electrons. The van der Waals surface area contributed by atoms with E-state index in [0.29, 0.717) is 6.54 Å². The lowest BCUT2D eigenvalue weighted by Gasteiger charge is -2.11. The molecule has 0 aromatic carbocycles. The van der Waals surface area contributed by atoms with E-state index in [1.807, 2.05) is 6.92 Å². The Morgan fingerprint density at radius 2 is 1.89 bits per heavy atom. The van der Waals surface area contributed by atoms with Crippen molar-refractivity contribution in [2.45, 2.75) is 19.8 Å². The first kappa shape index (κ1) is 14.0. The first-order valence-corrected chi connectivity index (χ1v) is 5.75. The van der Waals surface area contributed by atoms with E-state index < -0.39 is 17.2 Å². The van der Waals surface area contributed by atoms with Gasteiger partial charge in [0, 0.05) is 20.6 Å². The standard InChI is InChI=1S/C11H18N4O3/c1-4-5-6-13-9(16)7-8(12)14(2)11(18)15(3)10(7)17/h4-6,12H2,1-3H3,(H,13,16). The summed E-state index contributed by atoms with van der Waals surface area (Å²) in [7, 11) is 2.73. The lowest BCUT2D eigenvalue weighted by molar-refractivity contribution is 0.0951. The van der Waals surface area contributed by atoms with Crippen LogP contribution in [0.1, 0.15) is 30.1 Å². The Kier molecular flexibility index (Phi) is 4.30. The van der Waals surface area contributed by atoms with Crippen LogP contribution in [0, 0.1) is 0 Å². The molecular weight excluding hydrogens is 236 g/mol. The molecule has 0 saturated carbocycles. The molecule has 1 aromatic rings. The van der Waals surface area contributed by atoms with Crippen LogP contribution in [-0.4, -0.2) is 21.6 Å². The van der Waals surface area contributed by atoms with Gasteiger partial charge in [-0.25, -0.2) is 4.79 Å². The molecule has 0 fully saturated rings. The molecule has 0 atom stereocenters. The van der Waals surface area contributed by atoms with Crippen molar-refractivity contribution in [1.29, 1.82) is 0 Å². The van der Waals surface area contributed by atoms with Gasteiger partial charge < -0.3 is 11.1 Å². The van der Waals surface area contributed by atoms with Gasteiger partial charge in [0.15, 0.2) is 0 Å². The average molecular weight is 254 g/mol. The summed E-state index contributed by atoms with van der Waals surface area (Å²) >= 11 is 0. The molecule has 0 aliphatic rings. The van der Waals surface area contributed by atoms with Crippen LogP contribution in [-0.2, 0) is 14.1 Å². The molecule has 0 bridgehead atoms. The number of nitrogens with zero attached hydrogens (tertiary/aromatic N) is 2. The summed E-state index contributed by atoms with van der Waals surface area (Å²) < 4.78 is 1.95. The van der Waals surface area contributed by atoms with Crippen LogP contribution in [0.4, 0.5) is 5.82 Å². The van der Waals surface area contributed by atoms with Crippen LogP contribution in [0.3, 0.4) is 0 Å². The highest BCUT2D eigenvalue weighted by molar-refractivity contribution is 5.97. The second-order valence-electron chi connectivity index (χ2n) is 4.08. The number of carbonyl (C=O) groups is 1. The smallest absolute Gasteiger partial charge is 0.332 e. The number of hydrogen-bond acceptors (Lipinski definition) is 4. The molecular formula is C11H18N4O3. The van der Waals surface area contributed by atoms with Crippen molar-refractivity contribution >= 4 is 11.7 Å². The van der Waals surface area contributed by atoms with Gasteiger partial charge in [-0.1, -0.05) is 13.3 Å². The summed E-state index contributed by atoms with van der Waals surface area (Å²) in [5.74, 6) is -0.658. The second kappa shape index (κ2) is 5.52. The van der Waals surface area contributed by atoms with E-state index in [9.17, 15) is 14.4 Å². The monoisotopic (exact) mass is 254 g/mol. The Morgan fingerprint density at radius 3 is 2.44 bits per heavy atom. The van der Waals surface area contributed by atoms with Crippen molar-refractivity contribution in [3.8, 4) is 0 Å². The first-order chi connectivity index (χ1) is 8.41. The van der Waals surface area contributed by atoms with Crippen LogP contribution in [0.2, 0.25) is 0 Å². The molecule has 7 nitrogen and oxygen atoms in total. The lowest BCUT2D eigenvalue weighted by atomic mass is 10.2. The van der Waals surface area contributed by atoms with E-state index in [4.69, 9.17) is 5.73 Å². The Labute approximate surface area is 104 Å². The molecule has 0 aliphatic carbocycles. The lowest BCUT2D eigenvalue weighted by Crippen LogP contribution is -2.43. The molecule has 3 N–H and O–H groups in total. The number of nitrogen functional groups attached to an aromatic ring is 1. The molecule has 0 spiro atoms. The summed E-state index contributed by atoms with van der Waals surface area (Å²) in [6.45, 7) is 2.46. The number of amides is 1. The van der Waals surface area contributed by atoms with Crippen molar-refractivity contribution in [2.24, 2.45) is 14.1 Å². The maximum absolute atomic E-state index is 11.9. The molecule has 1 rings (SSSR count). The van der Waals surface area contributed by atoms with Crippen LogP contribution >= 0.6 is 0 Å². The van der Waals surface area contributed by atoms with Gasteiger partial charge in [-0.2, -0.15) is 0 Å². The number of unbranched alkanes of at least 4 members (excludes halogenated alkanes) is 1. The molecule has 18 heavy (non-hydrogen) atoms. The molecule has 0 saturated heterocycles. The number of aromatic nitrogens is 2. The van der Waals surface area contributed by atoms with Crippen molar-refractivity contribution < 1.29 is 4.79 Å². The predicted molar refractivity (Wildman–Crippen MR) is 68.6 cm³/mol. The summed E-state index contributed by atoms with van der Waals surface area (Å²) in [5, 5.41) is 2.61. The minimum Gasteiger partial charge on any atom is -0.384 e. The molecule has 1 amide bonds. The third kappa shape index (κ3) is 2.44. The summed E-state index contributed by atoms with van der Waals surface area (Å²) in [4.78, 5) is 35.3. The average Bonchev–Trinajstić information content (AvgIpc) is 2.34. The highest BCUT2D eigenvalue weighted by Gasteiger charge is 2.19. The highest BCUT2D eigenvalue weighted by atomic mass is 16.2. The minimum absolute atomic E-state index is 0.114. The zero-order valence-corrected chi connectivity index (χ0v) is 10.8. The van der Waals surface area contributed by atoms with Gasteiger partial charge in [-0.3, -0.25) is 18.7 Å². The van der Waals surface area contributed by atoms with Crippen LogP contribution in [0.25, 0.3) is 0 Å². The molecule has 1 aromatic heterocycles. The SMILES string of the molecule is CCCCNC(=O)c1c(N)n(C)c(=O)n(C)c1=O. The van der Waals surface area contributed by atoms with Gasteiger partial charge in [0.05, 0.1) is 0 Å². The first-order valence-electron chi connectivity index (χ1n) is 5.75.